The van der Waals surface area contributed by atoms with E-state index in [4.69, 9.17) is 0 Å². The predicted octanol–water partition coefficient (Wildman–Crippen LogP) is 3.71. The first-order chi connectivity index (χ1) is 12.8. The highest BCUT2D eigenvalue weighted by molar-refractivity contribution is 5.79. The van der Waals surface area contributed by atoms with Crippen LogP contribution in [0.2, 0.25) is 0 Å². The molecule has 1 aromatic heterocycles. The SMILES string of the molecule is C[C@H](NC(=O)Cc1cccc(C(F)(F)F)c1)c1ccc(-n2cncn2)cc1. The number of carbonyl (C=O) groups excluding carboxylic acids is 1. The van der Waals surface area contributed by atoms with Gasteiger partial charge in [-0.2, -0.15) is 18.3 Å². The summed E-state index contributed by atoms with van der Waals surface area (Å²) in [5.41, 5.74) is 1.26. The maximum atomic E-state index is 12.8. The summed E-state index contributed by atoms with van der Waals surface area (Å²) in [5, 5.41) is 6.84. The van der Waals surface area contributed by atoms with Gasteiger partial charge in [0.1, 0.15) is 12.7 Å². The zero-order valence-corrected chi connectivity index (χ0v) is 14.4. The number of rotatable bonds is 5. The van der Waals surface area contributed by atoms with Crippen LogP contribution in [-0.2, 0) is 17.4 Å². The number of alkyl halides is 3. The average molecular weight is 374 g/mol. The lowest BCUT2D eigenvalue weighted by molar-refractivity contribution is -0.137. The van der Waals surface area contributed by atoms with Crippen LogP contribution in [0.3, 0.4) is 0 Å². The van der Waals surface area contributed by atoms with E-state index in [2.05, 4.69) is 15.4 Å². The Kier molecular flexibility index (Phi) is 5.25. The van der Waals surface area contributed by atoms with Crippen LogP contribution in [0.15, 0.2) is 61.2 Å². The molecule has 3 aromatic rings. The van der Waals surface area contributed by atoms with Crippen molar-refractivity contribution in [1.29, 1.82) is 0 Å². The average Bonchev–Trinajstić information content (AvgIpc) is 3.16. The first-order valence-electron chi connectivity index (χ1n) is 8.23. The van der Waals surface area contributed by atoms with Crippen LogP contribution < -0.4 is 5.32 Å². The molecule has 1 amide bonds. The molecule has 0 aliphatic carbocycles. The molecule has 0 aliphatic rings. The Morgan fingerprint density at radius 3 is 2.56 bits per heavy atom. The minimum atomic E-state index is -4.42. The van der Waals surface area contributed by atoms with E-state index in [0.717, 1.165) is 23.4 Å². The maximum absolute atomic E-state index is 12.8. The third kappa shape index (κ3) is 4.72. The monoisotopic (exact) mass is 374 g/mol. The van der Waals surface area contributed by atoms with Crippen LogP contribution in [0.25, 0.3) is 5.69 Å². The molecule has 0 saturated carbocycles. The Morgan fingerprint density at radius 1 is 1.19 bits per heavy atom. The normalized spacial score (nSPS) is 12.6. The molecular formula is C19H17F3N4O. The van der Waals surface area contributed by atoms with Crippen LogP contribution in [0.5, 0.6) is 0 Å². The zero-order chi connectivity index (χ0) is 19.4. The number of aromatic nitrogens is 3. The third-order valence-electron chi connectivity index (χ3n) is 4.07. The van der Waals surface area contributed by atoms with E-state index in [1.807, 2.05) is 31.2 Å². The Bertz CT molecular complexity index is 905. The smallest absolute Gasteiger partial charge is 0.349 e. The summed E-state index contributed by atoms with van der Waals surface area (Å²) >= 11 is 0. The number of benzene rings is 2. The maximum Gasteiger partial charge on any atom is 0.416 e. The molecule has 3 rings (SSSR count). The molecule has 0 unspecified atom stereocenters. The van der Waals surface area contributed by atoms with Gasteiger partial charge in [-0.05, 0) is 36.2 Å². The summed E-state index contributed by atoms with van der Waals surface area (Å²) in [6.07, 6.45) is -1.53. The number of hydrogen-bond acceptors (Lipinski definition) is 3. The molecule has 5 nitrogen and oxygen atoms in total. The molecule has 0 aliphatic heterocycles. The van der Waals surface area contributed by atoms with Crippen LogP contribution in [0, 0.1) is 0 Å². The number of hydrogen-bond donors (Lipinski definition) is 1. The Hall–Kier alpha value is -3.16. The summed E-state index contributed by atoms with van der Waals surface area (Å²) in [5.74, 6) is -0.345. The number of nitrogens with zero attached hydrogens (tertiary/aromatic N) is 3. The van der Waals surface area contributed by atoms with Gasteiger partial charge in [-0.3, -0.25) is 4.79 Å². The highest BCUT2D eigenvalue weighted by Crippen LogP contribution is 2.29. The van der Waals surface area contributed by atoms with Crippen LogP contribution in [0.4, 0.5) is 13.2 Å². The fourth-order valence-electron chi connectivity index (χ4n) is 2.68. The van der Waals surface area contributed by atoms with Crippen molar-refractivity contribution in [2.75, 3.05) is 0 Å². The van der Waals surface area contributed by atoms with E-state index in [0.29, 0.717) is 5.56 Å². The quantitative estimate of drug-likeness (QED) is 0.741. The number of nitrogens with one attached hydrogen (secondary N) is 1. The first kappa shape index (κ1) is 18.6. The van der Waals surface area contributed by atoms with E-state index in [1.54, 1.807) is 11.0 Å². The summed E-state index contributed by atoms with van der Waals surface area (Å²) in [4.78, 5) is 16.1. The van der Waals surface area contributed by atoms with Gasteiger partial charge < -0.3 is 5.32 Å². The second-order valence-corrected chi connectivity index (χ2v) is 6.10. The molecule has 0 bridgehead atoms. The predicted molar refractivity (Wildman–Crippen MR) is 93.1 cm³/mol. The van der Waals surface area contributed by atoms with Crippen molar-refractivity contribution in [2.24, 2.45) is 0 Å². The summed E-state index contributed by atoms with van der Waals surface area (Å²) < 4.78 is 39.9. The Balaban J connectivity index is 1.62. The molecule has 1 atom stereocenters. The number of amides is 1. The molecular weight excluding hydrogens is 357 g/mol. The van der Waals surface area contributed by atoms with E-state index in [1.165, 1.54) is 18.5 Å². The molecule has 0 radical (unpaired) electrons. The standard InChI is InChI=1S/C19H17F3N4O/c1-13(15-5-7-17(8-6-15)26-12-23-11-24-26)25-18(27)10-14-3-2-4-16(9-14)19(20,21)22/h2-9,11-13H,10H2,1H3,(H,25,27)/t13-/m0/s1. The van der Waals surface area contributed by atoms with E-state index in [9.17, 15) is 18.0 Å². The van der Waals surface area contributed by atoms with Crippen LogP contribution in [-0.4, -0.2) is 20.7 Å². The van der Waals surface area contributed by atoms with Crippen molar-refractivity contribution in [3.8, 4) is 5.69 Å². The fraction of sp³-hybridized carbons (Fsp3) is 0.211. The van der Waals surface area contributed by atoms with Gasteiger partial charge in [0.2, 0.25) is 5.91 Å². The first-order valence-corrected chi connectivity index (χ1v) is 8.23. The molecule has 0 fully saturated rings. The van der Waals surface area contributed by atoms with Gasteiger partial charge in [0.15, 0.2) is 0 Å². The van der Waals surface area contributed by atoms with Crippen molar-refractivity contribution in [1.82, 2.24) is 20.1 Å². The fourth-order valence-corrected chi connectivity index (χ4v) is 2.68. The van der Waals surface area contributed by atoms with Gasteiger partial charge in [-0.15, -0.1) is 0 Å². The third-order valence-corrected chi connectivity index (χ3v) is 4.07. The lowest BCUT2D eigenvalue weighted by atomic mass is 10.1. The molecule has 140 valence electrons. The second-order valence-electron chi connectivity index (χ2n) is 6.10. The molecule has 8 heteroatoms. The van der Waals surface area contributed by atoms with Crippen molar-refractivity contribution in [2.45, 2.75) is 25.6 Å². The second kappa shape index (κ2) is 7.61. The highest BCUT2D eigenvalue weighted by atomic mass is 19.4. The molecule has 1 N–H and O–H groups in total. The zero-order valence-electron chi connectivity index (χ0n) is 14.4. The van der Waals surface area contributed by atoms with Crippen molar-refractivity contribution < 1.29 is 18.0 Å². The van der Waals surface area contributed by atoms with Gasteiger partial charge in [0, 0.05) is 0 Å². The minimum absolute atomic E-state index is 0.120. The Labute approximate surface area is 153 Å². The van der Waals surface area contributed by atoms with Gasteiger partial charge in [-0.25, -0.2) is 9.67 Å². The van der Waals surface area contributed by atoms with Gasteiger partial charge in [-0.1, -0.05) is 30.3 Å². The molecule has 27 heavy (non-hydrogen) atoms. The van der Waals surface area contributed by atoms with E-state index in [-0.39, 0.29) is 18.4 Å². The number of carbonyl (C=O) groups is 1. The minimum Gasteiger partial charge on any atom is -0.349 e. The largest absolute Gasteiger partial charge is 0.416 e. The van der Waals surface area contributed by atoms with E-state index < -0.39 is 11.7 Å². The highest BCUT2D eigenvalue weighted by Gasteiger charge is 2.30. The number of halogens is 3. The molecule has 2 aromatic carbocycles. The molecule has 1 heterocycles. The lowest BCUT2D eigenvalue weighted by Gasteiger charge is -2.15. The van der Waals surface area contributed by atoms with Crippen molar-refractivity contribution in [3.05, 3.63) is 77.9 Å². The Morgan fingerprint density at radius 2 is 1.93 bits per heavy atom. The van der Waals surface area contributed by atoms with Crippen LogP contribution >= 0.6 is 0 Å². The summed E-state index contributed by atoms with van der Waals surface area (Å²) in [7, 11) is 0. The topological polar surface area (TPSA) is 59.8 Å². The van der Waals surface area contributed by atoms with Gasteiger partial charge in [0.05, 0.1) is 23.7 Å². The summed E-state index contributed by atoms with van der Waals surface area (Å²) in [6, 6.07) is 11.9. The molecule has 0 saturated heterocycles. The lowest BCUT2D eigenvalue weighted by Crippen LogP contribution is -2.28. The van der Waals surface area contributed by atoms with Crippen molar-refractivity contribution >= 4 is 5.91 Å². The summed E-state index contributed by atoms with van der Waals surface area (Å²) in [6.45, 7) is 1.81. The van der Waals surface area contributed by atoms with Crippen LogP contribution in [0.1, 0.15) is 29.7 Å². The molecule has 0 spiro atoms. The van der Waals surface area contributed by atoms with Gasteiger partial charge in [0.25, 0.3) is 0 Å². The van der Waals surface area contributed by atoms with Crippen molar-refractivity contribution in [3.63, 3.8) is 0 Å². The van der Waals surface area contributed by atoms with E-state index >= 15 is 0 Å². The van der Waals surface area contributed by atoms with Gasteiger partial charge >= 0.3 is 6.18 Å².